The molecular formula is C23H24N2O6S. The van der Waals surface area contributed by atoms with Crippen molar-refractivity contribution in [1.29, 1.82) is 0 Å². The molecule has 0 aliphatic carbocycles. The Morgan fingerprint density at radius 3 is 2.38 bits per heavy atom. The third-order valence-electron chi connectivity index (χ3n) is 5.09. The zero-order valence-electron chi connectivity index (χ0n) is 17.8. The quantitative estimate of drug-likeness (QED) is 0.524. The van der Waals surface area contributed by atoms with Crippen LogP contribution in [0.2, 0.25) is 0 Å². The Morgan fingerprint density at radius 1 is 1.06 bits per heavy atom. The summed E-state index contributed by atoms with van der Waals surface area (Å²) >= 11 is 0. The van der Waals surface area contributed by atoms with Gasteiger partial charge in [-0.25, -0.2) is 13.2 Å². The van der Waals surface area contributed by atoms with Crippen LogP contribution < -0.4 is 0 Å². The first-order valence-electron chi connectivity index (χ1n) is 10.3. The lowest BCUT2D eigenvalue weighted by atomic mass is 10.1. The minimum absolute atomic E-state index is 0.0811. The molecule has 0 radical (unpaired) electrons. The molecule has 168 valence electrons. The number of rotatable bonds is 6. The van der Waals surface area contributed by atoms with Crippen molar-refractivity contribution in [2.24, 2.45) is 0 Å². The maximum atomic E-state index is 12.9. The number of sulfonamides is 1. The number of morpholine rings is 1. The van der Waals surface area contributed by atoms with Gasteiger partial charge in [-0.3, -0.25) is 0 Å². The highest BCUT2D eigenvalue weighted by Gasteiger charge is 2.32. The molecule has 1 saturated heterocycles. The molecule has 8 nitrogen and oxygen atoms in total. The first-order chi connectivity index (χ1) is 15.3. The maximum absolute atomic E-state index is 12.9. The van der Waals surface area contributed by atoms with E-state index in [2.05, 4.69) is 5.16 Å². The zero-order chi connectivity index (χ0) is 22.7. The monoisotopic (exact) mass is 456 g/mol. The van der Waals surface area contributed by atoms with Crippen molar-refractivity contribution in [3.8, 4) is 11.3 Å². The molecule has 0 amide bonds. The number of nitrogens with zero attached hydrogens (tertiary/aromatic N) is 2. The third-order valence-corrected chi connectivity index (χ3v) is 6.93. The van der Waals surface area contributed by atoms with E-state index in [4.69, 9.17) is 14.0 Å². The van der Waals surface area contributed by atoms with Crippen molar-refractivity contribution in [3.63, 3.8) is 0 Å². The standard InChI is InChI=1S/C23H24N2O6S/c1-16-13-25(14-17(2)30-16)32(27,28)21-10-8-19(9-11-21)23(26)29-15-20-12-22(24-31-20)18-6-4-3-5-7-18/h3-12,16-17H,13-15H2,1-2H3. The molecule has 32 heavy (non-hydrogen) atoms. The van der Waals surface area contributed by atoms with Crippen molar-refractivity contribution >= 4 is 16.0 Å². The molecule has 9 heteroatoms. The number of carbonyl (C=O) groups is 1. The summed E-state index contributed by atoms with van der Waals surface area (Å²) in [6.45, 7) is 4.18. The number of hydrogen-bond acceptors (Lipinski definition) is 7. The second kappa shape index (κ2) is 9.23. The van der Waals surface area contributed by atoms with Crippen LogP contribution in [0.5, 0.6) is 0 Å². The lowest BCUT2D eigenvalue weighted by molar-refractivity contribution is -0.0440. The van der Waals surface area contributed by atoms with Crippen LogP contribution in [0.25, 0.3) is 11.3 Å². The predicted molar refractivity (Wildman–Crippen MR) is 116 cm³/mol. The summed E-state index contributed by atoms with van der Waals surface area (Å²) in [6, 6.07) is 16.9. The van der Waals surface area contributed by atoms with Crippen LogP contribution in [-0.2, 0) is 26.1 Å². The highest BCUT2D eigenvalue weighted by molar-refractivity contribution is 7.89. The van der Waals surface area contributed by atoms with E-state index in [1.54, 1.807) is 6.07 Å². The van der Waals surface area contributed by atoms with Crippen molar-refractivity contribution in [2.75, 3.05) is 13.1 Å². The van der Waals surface area contributed by atoms with E-state index in [0.717, 1.165) is 5.56 Å². The molecule has 2 atom stereocenters. The summed E-state index contributed by atoms with van der Waals surface area (Å²) in [5.74, 6) is -0.174. The molecule has 2 unspecified atom stereocenters. The average molecular weight is 457 g/mol. The molecule has 0 spiro atoms. The van der Waals surface area contributed by atoms with E-state index < -0.39 is 16.0 Å². The number of aromatic nitrogens is 1. The van der Waals surface area contributed by atoms with Gasteiger partial charge < -0.3 is 14.0 Å². The van der Waals surface area contributed by atoms with Crippen molar-refractivity contribution in [1.82, 2.24) is 9.46 Å². The normalized spacial score (nSPS) is 19.6. The van der Waals surface area contributed by atoms with Crippen LogP contribution >= 0.6 is 0 Å². The number of ether oxygens (including phenoxy) is 2. The molecule has 3 aromatic rings. The summed E-state index contributed by atoms with van der Waals surface area (Å²) in [6.07, 6.45) is -0.359. The SMILES string of the molecule is CC1CN(S(=O)(=O)c2ccc(C(=O)OCc3cc(-c4ccccc4)no3)cc2)CC(C)O1. The molecule has 1 fully saturated rings. The fourth-order valence-electron chi connectivity index (χ4n) is 3.59. The van der Waals surface area contributed by atoms with E-state index in [1.165, 1.54) is 28.6 Å². The van der Waals surface area contributed by atoms with E-state index in [9.17, 15) is 13.2 Å². The fraction of sp³-hybridized carbons (Fsp3) is 0.304. The topological polar surface area (TPSA) is 98.9 Å². The first-order valence-corrected chi connectivity index (χ1v) is 11.7. The summed E-state index contributed by atoms with van der Waals surface area (Å²) in [4.78, 5) is 12.5. The Morgan fingerprint density at radius 2 is 1.72 bits per heavy atom. The van der Waals surface area contributed by atoms with Gasteiger partial charge in [0.1, 0.15) is 5.69 Å². The molecule has 1 aliphatic rings. The fourth-order valence-corrected chi connectivity index (χ4v) is 5.18. The molecule has 0 saturated carbocycles. The van der Waals surface area contributed by atoms with Gasteiger partial charge in [0.05, 0.1) is 22.7 Å². The minimum atomic E-state index is -3.67. The first kappa shape index (κ1) is 22.2. The molecule has 2 aromatic carbocycles. The van der Waals surface area contributed by atoms with Gasteiger partial charge >= 0.3 is 5.97 Å². The Bertz CT molecular complexity index is 1160. The minimum Gasteiger partial charge on any atom is -0.454 e. The van der Waals surface area contributed by atoms with Crippen LogP contribution in [-0.4, -0.2) is 49.1 Å². The second-order valence-corrected chi connectivity index (χ2v) is 9.66. The maximum Gasteiger partial charge on any atom is 0.338 e. The van der Waals surface area contributed by atoms with E-state index >= 15 is 0 Å². The predicted octanol–water partition coefficient (Wildman–Crippen LogP) is 3.50. The molecule has 1 aromatic heterocycles. The van der Waals surface area contributed by atoms with Gasteiger partial charge in [0.15, 0.2) is 12.4 Å². The van der Waals surface area contributed by atoms with Crippen LogP contribution in [0.1, 0.15) is 30.0 Å². The zero-order valence-corrected chi connectivity index (χ0v) is 18.6. The summed E-state index contributed by atoms with van der Waals surface area (Å²) < 4.78 is 43.4. The van der Waals surface area contributed by atoms with Crippen LogP contribution in [0, 0.1) is 0 Å². The largest absolute Gasteiger partial charge is 0.454 e. The van der Waals surface area contributed by atoms with Crippen molar-refractivity contribution < 1.29 is 27.2 Å². The van der Waals surface area contributed by atoms with Gasteiger partial charge in [0.2, 0.25) is 10.0 Å². The van der Waals surface area contributed by atoms with E-state index in [-0.39, 0.29) is 29.3 Å². The van der Waals surface area contributed by atoms with Crippen LogP contribution in [0.3, 0.4) is 0 Å². The average Bonchev–Trinajstić information content (AvgIpc) is 3.27. The van der Waals surface area contributed by atoms with Gasteiger partial charge in [-0.2, -0.15) is 4.31 Å². The Labute approximate surface area is 186 Å². The number of carbonyl (C=O) groups excluding carboxylic acids is 1. The van der Waals surface area contributed by atoms with E-state index in [1.807, 2.05) is 44.2 Å². The van der Waals surface area contributed by atoms with Crippen LogP contribution in [0.4, 0.5) is 0 Å². The molecule has 0 N–H and O–H groups in total. The third kappa shape index (κ3) is 4.90. The summed E-state index contributed by atoms with van der Waals surface area (Å²) in [5.41, 5.74) is 1.79. The summed E-state index contributed by atoms with van der Waals surface area (Å²) in [5, 5.41) is 3.98. The van der Waals surface area contributed by atoms with Gasteiger partial charge in [-0.05, 0) is 38.1 Å². The highest BCUT2D eigenvalue weighted by Crippen LogP contribution is 2.22. The lowest BCUT2D eigenvalue weighted by Gasteiger charge is -2.34. The molecule has 0 bridgehead atoms. The van der Waals surface area contributed by atoms with Gasteiger partial charge in [0, 0.05) is 24.7 Å². The van der Waals surface area contributed by atoms with Gasteiger partial charge in [-0.15, -0.1) is 0 Å². The second-order valence-electron chi connectivity index (χ2n) is 7.72. The van der Waals surface area contributed by atoms with Crippen LogP contribution in [0.15, 0.2) is 70.1 Å². The molecule has 1 aliphatic heterocycles. The number of esters is 1. The Hall–Kier alpha value is -3.01. The molecule has 4 rings (SSSR count). The van der Waals surface area contributed by atoms with E-state index in [0.29, 0.717) is 24.5 Å². The molecular weight excluding hydrogens is 432 g/mol. The lowest BCUT2D eigenvalue weighted by Crippen LogP contribution is -2.48. The number of benzene rings is 2. The van der Waals surface area contributed by atoms with Gasteiger partial charge in [0.25, 0.3) is 0 Å². The Balaban J connectivity index is 1.39. The number of hydrogen-bond donors (Lipinski definition) is 0. The molecule has 2 heterocycles. The van der Waals surface area contributed by atoms with Crippen molar-refractivity contribution in [2.45, 2.75) is 37.6 Å². The van der Waals surface area contributed by atoms with Gasteiger partial charge in [-0.1, -0.05) is 35.5 Å². The Kier molecular flexibility index (Phi) is 6.40. The highest BCUT2D eigenvalue weighted by atomic mass is 32.2. The smallest absolute Gasteiger partial charge is 0.338 e. The van der Waals surface area contributed by atoms with Crippen molar-refractivity contribution in [3.05, 3.63) is 72.0 Å². The summed E-state index contributed by atoms with van der Waals surface area (Å²) in [7, 11) is -3.67.